The van der Waals surface area contributed by atoms with E-state index in [4.69, 9.17) is 16.4 Å². The van der Waals surface area contributed by atoms with Gasteiger partial charge in [-0.2, -0.15) is 0 Å². The molecule has 5 rings (SSSR count). The number of nitrogens with zero attached hydrogens (tertiary/aromatic N) is 1. The molecule has 0 spiro atoms. The summed E-state index contributed by atoms with van der Waals surface area (Å²) in [6, 6.07) is 22.3. The highest BCUT2D eigenvalue weighted by Crippen LogP contribution is 2.51. The highest BCUT2D eigenvalue weighted by atomic mass is 35.5. The monoisotopic (exact) mass is 479 g/mol. The van der Waals surface area contributed by atoms with E-state index in [2.05, 4.69) is 6.08 Å². The maximum absolute atomic E-state index is 13.8. The Bertz CT molecular complexity index is 1280. The predicted molar refractivity (Wildman–Crippen MR) is 131 cm³/mol. The topological polar surface area (TPSA) is 46.6 Å². The molecule has 0 amide bonds. The van der Waals surface area contributed by atoms with Gasteiger partial charge in [0.25, 0.3) is 10.0 Å². The van der Waals surface area contributed by atoms with Crippen LogP contribution in [0, 0.1) is 19.8 Å². The molecule has 1 aliphatic heterocycles. The number of sulfonamides is 1. The molecule has 1 fully saturated rings. The molecule has 1 heterocycles. The van der Waals surface area contributed by atoms with Crippen LogP contribution in [0.5, 0.6) is 0 Å². The molecule has 3 aromatic rings. The molecule has 0 radical (unpaired) electrons. The number of benzene rings is 3. The van der Waals surface area contributed by atoms with E-state index in [1.165, 1.54) is 4.47 Å². The first kappa shape index (κ1) is 22.4. The van der Waals surface area contributed by atoms with Crippen LogP contribution >= 0.6 is 11.6 Å². The Hall–Kier alpha value is -2.44. The van der Waals surface area contributed by atoms with Crippen molar-refractivity contribution in [1.29, 1.82) is 0 Å². The highest BCUT2D eigenvalue weighted by Gasteiger charge is 2.52. The van der Waals surface area contributed by atoms with Crippen molar-refractivity contribution in [2.75, 3.05) is 0 Å². The Morgan fingerprint density at radius 2 is 1.48 bits per heavy atom. The van der Waals surface area contributed by atoms with Crippen LogP contribution in [-0.2, 0) is 14.9 Å². The minimum atomic E-state index is -3.87. The summed E-state index contributed by atoms with van der Waals surface area (Å²) >= 11 is 6.13. The summed E-state index contributed by atoms with van der Waals surface area (Å²) in [5.74, 6) is -0.122. The molecule has 0 aromatic heterocycles. The summed E-state index contributed by atoms with van der Waals surface area (Å²) in [5, 5.41) is 0.674. The van der Waals surface area contributed by atoms with Crippen LogP contribution in [0.2, 0.25) is 5.02 Å². The Kier molecular flexibility index (Phi) is 5.91. The number of allylic oxidation sites excluding steroid dienone is 1. The van der Waals surface area contributed by atoms with Crippen LogP contribution in [0.25, 0.3) is 5.57 Å². The lowest BCUT2D eigenvalue weighted by Gasteiger charge is -2.30. The molecule has 3 aromatic carbocycles. The van der Waals surface area contributed by atoms with Gasteiger partial charge in [-0.3, -0.25) is 4.84 Å². The standard InChI is InChI=1S/C27H26ClNO3S/c1-18-6-10-21(11-7-18)27-26-24(20-12-14-22(28)15-13-20)4-3-5-25(26)32-29(27)33(30,31)23-16-8-19(2)9-17-23/h4,6-17,25-27H,3,5H2,1-2H3/t25-,26+,27-/m0/s1. The van der Waals surface area contributed by atoms with Gasteiger partial charge in [0.05, 0.1) is 17.0 Å². The van der Waals surface area contributed by atoms with Gasteiger partial charge in [0.1, 0.15) is 0 Å². The van der Waals surface area contributed by atoms with Crippen LogP contribution < -0.4 is 0 Å². The Morgan fingerprint density at radius 1 is 0.879 bits per heavy atom. The van der Waals surface area contributed by atoms with Crippen molar-refractivity contribution in [2.24, 2.45) is 5.92 Å². The fraction of sp³-hybridized carbons (Fsp3) is 0.259. The molecule has 4 nitrogen and oxygen atoms in total. The maximum atomic E-state index is 13.8. The number of hydrogen-bond donors (Lipinski definition) is 0. The Balaban J connectivity index is 1.63. The molecular formula is C27H26ClNO3S. The van der Waals surface area contributed by atoms with Gasteiger partial charge >= 0.3 is 0 Å². The lowest BCUT2D eigenvalue weighted by Crippen LogP contribution is -2.31. The molecular weight excluding hydrogens is 454 g/mol. The van der Waals surface area contributed by atoms with Crippen molar-refractivity contribution in [3.8, 4) is 0 Å². The van der Waals surface area contributed by atoms with Crippen LogP contribution in [-0.4, -0.2) is 19.0 Å². The molecule has 170 valence electrons. The minimum Gasteiger partial charge on any atom is -0.279 e. The van der Waals surface area contributed by atoms with Crippen molar-refractivity contribution < 1.29 is 13.3 Å². The average molecular weight is 480 g/mol. The van der Waals surface area contributed by atoms with E-state index in [1.807, 2.05) is 74.5 Å². The van der Waals surface area contributed by atoms with Crippen molar-refractivity contribution in [3.63, 3.8) is 0 Å². The largest absolute Gasteiger partial charge is 0.279 e. The third-order valence-electron chi connectivity index (χ3n) is 6.53. The normalized spacial score (nSPS) is 23.2. The van der Waals surface area contributed by atoms with Gasteiger partial charge < -0.3 is 0 Å². The number of fused-ring (bicyclic) bond motifs is 1. The second-order valence-electron chi connectivity index (χ2n) is 8.84. The molecule has 2 aliphatic rings. The smallest absolute Gasteiger partial charge is 0.265 e. The molecule has 1 aliphatic carbocycles. The van der Waals surface area contributed by atoms with Crippen LogP contribution in [0.1, 0.15) is 41.1 Å². The van der Waals surface area contributed by atoms with Crippen LogP contribution in [0.3, 0.4) is 0 Å². The lowest BCUT2D eigenvalue weighted by atomic mass is 9.76. The summed E-state index contributed by atoms with van der Waals surface area (Å²) < 4.78 is 28.8. The van der Waals surface area contributed by atoms with Crippen LogP contribution in [0.15, 0.2) is 83.8 Å². The fourth-order valence-corrected chi connectivity index (χ4v) is 6.40. The predicted octanol–water partition coefficient (Wildman–Crippen LogP) is 6.50. The van der Waals surface area contributed by atoms with E-state index < -0.39 is 16.1 Å². The van der Waals surface area contributed by atoms with Gasteiger partial charge in [-0.1, -0.05) is 81.8 Å². The van der Waals surface area contributed by atoms with E-state index in [0.29, 0.717) is 5.02 Å². The fourth-order valence-electron chi connectivity index (χ4n) is 4.81. The van der Waals surface area contributed by atoms with Gasteiger partial charge in [-0.15, -0.1) is 0 Å². The SMILES string of the molecule is Cc1ccc([C@H]2[C@@H]3C(c4ccc(Cl)cc4)=CCC[C@@H]3ON2S(=O)(=O)c2ccc(C)cc2)cc1. The first-order valence-corrected chi connectivity index (χ1v) is 13.0. The second kappa shape index (κ2) is 8.73. The lowest BCUT2D eigenvalue weighted by molar-refractivity contribution is -0.0934. The number of aryl methyl sites for hydroxylation is 2. The number of halogens is 1. The van der Waals surface area contributed by atoms with Gasteiger partial charge in [-0.05, 0) is 67.7 Å². The number of hydroxylamine groups is 1. The molecule has 6 heteroatoms. The summed E-state index contributed by atoms with van der Waals surface area (Å²) in [5.41, 5.74) is 5.21. The summed E-state index contributed by atoms with van der Waals surface area (Å²) in [6.07, 6.45) is 3.59. The highest BCUT2D eigenvalue weighted by molar-refractivity contribution is 7.89. The van der Waals surface area contributed by atoms with Crippen molar-refractivity contribution in [2.45, 2.75) is 43.7 Å². The van der Waals surface area contributed by atoms with Gasteiger partial charge in [0.15, 0.2) is 0 Å². The van der Waals surface area contributed by atoms with Gasteiger partial charge in [0, 0.05) is 10.9 Å². The van der Waals surface area contributed by atoms with Gasteiger partial charge in [0.2, 0.25) is 0 Å². The maximum Gasteiger partial charge on any atom is 0.265 e. The molecule has 0 unspecified atom stereocenters. The van der Waals surface area contributed by atoms with E-state index in [1.54, 1.807) is 12.1 Å². The third-order valence-corrected chi connectivity index (χ3v) is 8.44. The molecule has 0 N–H and O–H groups in total. The Labute approximate surface area is 200 Å². The van der Waals surface area contributed by atoms with E-state index in [9.17, 15) is 8.42 Å². The first-order valence-electron chi connectivity index (χ1n) is 11.1. The molecule has 3 atom stereocenters. The Morgan fingerprint density at radius 3 is 2.12 bits per heavy atom. The molecule has 33 heavy (non-hydrogen) atoms. The minimum absolute atomic E-state index is 0.122. The van der Waals surface area contributed by atoms with E-state index in [0.717, 1.165) is 40.7 Å². The molecule has 1 saturated heterocycles. The molecule has 0 bridgehead atoms. The summed E-state index contributed by atoms with van der Waals surface area (Å²) in [6.45, 7) is 3.97. The van der Waals surface area contributed by atoms with E-state index in [-0.39, 0.29) is 16.9 Å². The van der Waals surface area contributed by atoms with Crippen molar-refractivity contribution in [3.05, 3.63) is 106 Å². The van der Waals surface area contributed by atoms with Crippen molar-refractivity contribution in [1.82, 2.24) is 4.47 Å². The summed E-state index contributed by atoms with van der Waals surface area (Å²) in [4.78, 5) is 6.50. The average Bonchev–Trinajstić information content (AvgIpc) is 3.21. The first-order chi connectivity index (χ1) is 15.8. The number of rotatable bonds is 4. The zero-order valence-corrected chi connectivity index (χ0v) is 20.2. The third kappa shape index (κ3) is 4.15. The van der Waals surface area contributed by atoms with Crippen LogP contribution in [0.4, 0.5) is 0 Å². The summed E-state index contributed by atoms with van der Waals surface area (Å²) in [7, 11) is -3.87. The quantitative estimate of drug-likeness (QED) is 0.429. The molecule has 0 saturated carbocycles. The zero-order valence-electron chi connectivity index (χ0n) is 18.6. The van der Waals surface area contributed by atoms with E-state index >= 15 is 0 Å². The number of hydrogen-bond acceptors (Lipinski definition) is 3. The van der Waals surface area contributed by atoms with Crippen molar-refractivity contribution >= 4 is 27.2 Å². The zero-order chi connectivity index (χ0) is 23.2. The second-order valence-corrected chi connectivity index (χ2v) is 11.1. The van der Waals surface area contributed by atoms with Gasteiger partial charge in [-0.25, -0.2) is 8.42 Å².